The number of hydrogen-bond donors (Lipinski definition) is 1. The summed E-state index contributed by atoms with van der Waals surface area (Å²) in [6.45, 7) is 5.73. The molecular weight excluding hydrogens is 242 g/mol. The molecule has 0 heterocycles. The van der Waals surface area contributed by atoms with Crippen LogP contribution in [0.15, 0.2) is 24.3 Å². The summed E-state index contributed by atoms with van der Waals surface area (Å²) in [7, 11) is 1.32. The monoisotopic (exact) mass is 263 g/mol. The molecule has 0 aliphatic rings. The summed E-state index contributed by atoms with van der Waals surface area (Å²) in [6, 6.07) is 6.77. The van der Waals surface area contributed by atoms with Crippen LogP contribution in [0.1, 0.15) is 36.7 Å². The summed E-state index contributed by atoms with van der Waals surface area (Å²) < 4.78 is 4.71. The van der Waals surface area contributed by atoms with Gasteiger partial charge in [-0.15, -0.1) is 0 Å². The number of carbonyl (C=O) groups excluding carboxylic acids is 2. The normalized spacial score (nSPS) is 12.1. The average molecular weight is 263 g/mol. The fraction of sp³-hybridized carbons (Fsp3) is 0.467. The number of ether oxygens (including phenoxy) is 1. The van der Waals surface area contributed by atoms with Gasteiger partial charge in [-0.1, -0.05) is 39.0 Å². The molecule has 1 atom stereocenters. The fourth-order valence-corrected chi connectivity index (χ4v) is 1.89. The number of carbonyl (C=O) groups is 2. The van der Waals surface area contributed by atoms with Crippen molar-refractivity contribution < 1.29 is 14.3 Å². The van der Waals surface area contributed by atoms with Crippen LogP contribution in [0.3, 0.4) is 0 Å². The van der Waals surface area contributed by atoms with E-state index in [9.17, 15) is 9.59 Å². The van der Waals surface area contributed by atoms with E-state index in [0.717, 1.165) is 12.0 Å². The molecule has 0 fully saturated rings. The first kappa shape index (κ1) is 15.2. The predicted molar refractivity (Wildman–Crippen MR) is 73.9 cm³/mol. The van der Waals surface area contributed by atoms with Gasteiger partial charge in [0.15, 0.2) is 0 Å². The lowest BCUT2D eigenvalue weighted by Crippen LogP contribution is -2.45. The van der Waals surface area contributed by atoms with Crippen LogP contribution in [0.4, 0.5) is 0 Å². The summed E-state index contributed by atoms with van der Waals surface area (Å²) in [5.41, 5.74) is 1.58. The van der Waals surface area contributed by atoms with E-state index in [1.165, 1.54) is 7.11 Å². The maximum atomic E-state index is 12.2. The Morgan fingerprint density at radius 1 is 1.26 bits per heavy atom. The summed E-state index contributed by atoms with van der Waals surface area (Å²) in [5, 5.41) is 2.74. The molecule has 1 aromatic rings. The summed E-state index contributed by atoms with van der Waals surface area (Å²) in [5.74, 6) is -0.677. The highest BCUT2D eigenvalue weighted by atomic mass is 16.5. The van der Waals surface area contributed by atoms with Gasteiger partial charge in [0.2, 0.25) is 0 Å². The zero-order chi connectivity index (χ0) is 14.4. The molecule has 0 saturated carbocycles. The molecule has 4 heteroatoms. The molecule has 19 heavy (non-hydrogen) atoms. The van der Waals surface area contributed by atoms with Gasteiger partial charge in [0.25, 0.3) is 5.91 Å². The van der Waals surface area contributed by atoms with Gasteiger partial charge in [0, 0.05) is 5.56 Å². The number of amides is 1. The van der Waals surface area contributed by atoms with Crippen molar-refractivity contribution in [3.63, 3.8) is 0 Å². The molecule has 1 N–H and O–H groups in total. The molecule has 0 bridgehead atoms. The molecule has 0 aliphatic carbocycles. The summed E-state index contributed by atoms with van der Waals surface area (Å²) >= 11 is 0. The van der Waals surface area contributed by atoms with Crippen LogP contribution in [-0.2, 0) is 16.0 Å². The van der Waals surface area contributed by atoms with Gasteiger partial charge < -0.3 is 10.1 Å². The van der Waals surface area contributed by atoms with Crippen molar-refractivity contribution in [2.24, 2.45) is 5.92 Å². The Kier molecular flexibility index (Phi) is 5.55. The van der Waals surface area contributed by atoms with Gasteiger partial charge in [-0.05, 0) is 24.0 Å². The van der Waals surface area contributed by atoms with Crippen LogP contribution < -0.4 is 5.32 Å². The Morgan fingerprint density at radius 2 is 1.89 bits per heavy atom. The van der Waals surface area contributed by atoms with Crippen molar-refractivity contribution in [1.29, 1.82) is 0 Å². The first-order valence-electron chi connectivity index (χ1n) is 6.47. The molecule has 104 valence electrons. The lowest BCUT2D eigenvalue weighted by Gasteiger charge is -2.20. The number of methoxy groups -OCH3 is 1. The third-order valence-electron chi connectivity index (χ3n) is 3.05. The molecule has 0 saturated heterocycles. The topological polar surface area (TPSA) is 55.4 Å². The lowest BCUT2D eigenvalue weighted by atomic mass is 10.0. The summed E-state index contributed by atoms with van der Waals surface area (Å²) in [4.78, 5) is 23.9. The van der Waals surface area contributed by atoms with Crippen LogP contribution in [-0.4, -0.2) is 25.0 Å². The largest absolute Gasteiger partial charge is 0.467 e. The first-order valence-corrected chi connectivity index (χ1v) is 6.47. The van der Waals surface area contributed by atoms with Crippen molar-refractivity contribution in [2.75, 3.05) is 7.11 Å². The zero-order valence-corrected chi connectivity index (χ0v) is 11.9. The van der Waals surface area contributed by atoms with Gasteiger partial charge >= 0.3 is 5.97 Å². The maximum absolute atomic E-state index is 12.2. The van der Waals surface area contributed by atoms with Crippen molar-refractivity contribution in [1.82, 2.24) is 5.32 Å². The lowest BCUT2D eigenvalue weighted by molar-refractivity contribution is -0.144. The van der Waals surface area contributed by atoms with Gasteiger partial charge in [0.1, 0.15) is 6.04 Å². The molecule has 0 radical (unpaired) electrons. The molecule has 1 aromatic carbocycles. The Morgan fingerprint density at radius 3 is 2.42 bits per heavy atom. The van der Waals surface area contributed by atoms with Crippen molar-refractivity contribution >= 4 is 11.9 Å². The second-order valence-electron chi connectivity index (χ2n) is 4.73. The van der Waals surface area contributed by atoms with E-state index in [0.29, 0.717) is 5.56 Å². The molecule has 0 aromatic heterocycles. The Labute approximate surface area is 114 Å². The van der Waals surface area contributed by atoms with Crippen LogP contribution in [0.2, 0.25) is 0 Å². The van der Waals surface area contributed by atoms with Gasteiger partial charge in [-0.2, -0.15) is 0 Å². The Bertz CT molecular complexity index is 454. The van der Waals surface area contributed by atoms with Crippen molar-refractivity contribution in [2.45, 2.75) is 33.2 Å². The van der Waals surface area contributed by atoms with E-state index >= 15 is 0 Å². The van der Waals surface area contributed by atoms with Crippen LogP contribution in [0, 0.1) is 5.92 Å². The van der Waals surface area contributed by atoms with E-state index in [4.69, 9.17) is 4.74 Å². The van der Waals surface area contributed by atoms with E-state index < -0.39 is 12.0 Å². The minimum atomic E-state index is -0.623. The van der Waals surface area contributed by atoms with Crippen LogP contribution in [0.5, 0.6) is 0 Å². The highest BCUT2D eigenvalue weighted by Gasteiger charge is 2.25. The number of benzene rings is 1. The van der Waals surface area contributed by atoms with Crippen LogP contribution in [0.25, 0.3) is 0 Å². The second-order valence-corrected chi connectivity index (χ2v) is 4.73. The molecule has 0 spiro atoms. The standard InChI is InChI=1S/C15H21NO3/c1-5-11-8-6-7-9-12(11)14(17)16-13(10(2)3)15(18)19-4/h6-10,13H,5H2,1-4H3,(H,16,17). The first-order chi connectivity index (χ1) is 9.01. The van der Waals surface area contributed by atoms with Gasteiger partial charge in [0.05, 0.1) is 7.11 Å². The number of hydrogen-bond acceptors (Lipinski definition) is 3. The minimum absolute atomic E-state index is 0.0230. The molecule has 4 nitrogen and oxygen atoms in total. The van der Waals surface area contributed by atoms with E-state index in [1.54, 1.807) is 6.07 Å². The number of nitrogens with one attached hydrogen (secondary N) is 1. The number of aryl methyl sites for hydroxylation is 1. The highest BCUT2D eigenvalue weighted by Crippen LogP contribution is 2.11. The molecule has 1 amide bonds. The fourth-order valence-electron chi connectivity index (χ4n) is 1.89. The van der Waals surface area contributed by atoms with E-state index in [-0.39, 0.29) is 11.8 Å². The van der Waals surface area contributed by atoms with E-state index in [2.05, 4.69) is 5.32 Å². The third kappa shape index (κ3) is 3.81. The summed E-state index contributed by atoms with van der Waals surface area (Å²) in [6.07, 6.45) is 0.772. The Balaban J connectivity index is 2.91. The van der Waals surface area contributed by atoms with Gasteiger partial charge in [-0.25, -0.2) is 4.79 Å². The zero-order valence-electron chi connectivity index (χ0n) is 11.9. The minimum Gasteiger partial charge on any atom is -0.467 e. The second kappa shape index (κ2) is 6.92. The Hall–Kier alpha value is -1.84. The number of esters is 1. The van der Waals surface area contributed by atoms with Gasteiger partial charge in [-0.3, -0.25) is 4.79 Å². The third-order valence-corrected chi connectivity index (χ3v) is 3.05. The highest BCUT2D eigenvalue weighted by molar-refractivity contribution is 5.98. The molecular formula is C15H21NO3. The number of rotatable bonds is 5. The quantitative estimate of drug-likeness (QED) is 0.828. The van der Waals surface area contributed by atoms with Crippen LogP contribution >= 0.6 is 0 Å². The van der Waals surface area contributed by atoms with Crippen molar-refractivity contribution in [3.05, 3.63) is 35.4 Å². The average Bonchev–Trinajstić information content (AvgIpc) is 2.43. The van der Waals surface area contributed by atoms with Crippen molar-refractivity contribution in [3.8, 4) is 0 Å². The molecule has 1 rings (SSSR count). The maximum Gasteiger partial charge on any atom is 0.328 e. The molecule has 0 aliphatic heterocycles. The smallest absolute Gasteiger partial charge is 0.328 e. The molecule has 1 unspecified atom stereocenters. The SMILES string of the molecule is CCc1ccccc1C(=O)NC(C(=O)OC)C(C)C. The van der Waals surface area contributed by atoms with E-state index in [1.807, 2.05) is 39.0 Å². The predicted octanol–water partition coefficient (Wildman–Crippen LogP) is 2.18.